The van der Waals surface area contributed by atoms with Gasteiger partial charge in [0.2, 0.25) is 0 Å². The minimum absolute atomic E-state index is 0.0719. The Hall–Kier alpha value is -3.45. The van der Waals surface area contributed by atoms with Crippen molar-refractivity contribution in [3.63, 3.8) is 0 Å². The van der Waals surface area contributed by atoms with Crippen molar-refractivity contribution in [2.45, 2.75) is 50.7 Å². The minimum atomic E-state index is -0.307. The van der Waals surface area contributed by atoms with Gasteiger partial charge in [-0.1, -0.05) is 61.7 Å². The van der Waals surface area contributed by atoms with E-state index in [1.54, 1.807) is 7.05 Å². The van der Waals surface area contributed by atoms with Gasteiger partial charge in [-0.2, -0.15) is 5.10 Å². The quantitative estimate of drug-likeness (QED) is 0.210. The summed E-state index contributed by atoms with van der Waals surface area (Å²) in [5, 5.41) is 4.86. The van der Waals surface area contributed by atoms with Gasteiger partial charge in [0.05, 0.1) is 17.3 Å². The Kier molecular flexibility index (Phi) is 6.92. The van der Waals surface area contributed by atoms with Crippen LogP contribution in [0.1, 0.15) is 55.2 Å². The van der Waals surface area contributed by atoms with Crippen LogP contribution in [0.25, 0.3) is 0 Å². The topological polar surface area (TPSA) is 89.8 Å². The first-order valence-corrected chi connectivity index (χ1v) is 12.9. The van der Waals surface area contributed by atoms with Crippen LogP contribution in [-0.4, -0.2) is 35.9 Å². The Bertz CT molecular complexity index is 1210. The summed E-state index contributed by atoms with van der Waals surface area (Å²) in [6, 6.07) is 18.8. The number of hydrazine groups is 1. The minimum Gasteiger partial charge on any atom is -0.489 e. The molecule has 188 valence electrons. The van der Waals surface area contributed by atoms with Gasteiger partial charge in [-0.05, 0) is 48.4 Å². The molecule has 0 spiro atoms. The van der Waals surface area contributed by atoms with E-state index in [4.69, 9.17) is 15.7 Å². The second kappa shape index (κ2) is 10.3. The van der Waals surface area contributed by atoms with Crippen LogP contribution in [0.5, 0.6) is 5.75 Å². The molecule has 5 rings (SSSR count). The summed E-state index contributed by atoms with van der Waals surface area (Å²) in [5.74, 6) is 7.77. The van der Waals surface area contributed by atoms with Crippen LogP contribution in [0, 0.1) is 11.3 Å². The Balaban J connectivity index is 1.51. The first-order valence-electron chi connectivity index (χ1n) is 12.9. The summed E-state index contributed by atoms with van der Waals surface area (Å²) in [4.78, 5) is 8.87. The molecule has 2 aromatic carbocycles. The molecule has 0 aliphatic heterocycles. The van der Waals surface area contributed by atoms with Crippen LogP contribution in [0.15, 0.2) is 77.0 Å². The zero-order chi connectivity index (χ0) is 25.0. The third kappa shape index (κ3) is 4.22. The summed E-state index contributed by atoms with van der Waals surface area (Å²) in [6.45, 7) is 0.549. The highest BCUT2D eigenvalue weighted by Gasteiger charge is 2.72. The number of nitrogens with zero attached hydrogens (tertiary/aromatic N) is 4. The lowest BCUT2D eigenvalue weighted by molar-refractivity contribution is 0.245. The van der Waals surface area contributed by atoms with Crippen LogP contribution in [0.4, 0.5) is 0 Å². The SMILES string of the molecule is CN=CC1(C2CCCCC2)CC1(c1ccc(OCc2ccccc2)cc1)n1cc(C(=NC)NN)cn1. The molecule has 0 saturated heterocycles. The van der Waals surface area contributed by atoms with Gasteiger partial charge in [-0.3, -0.25) is 9.67 Å². The Morgan fingerprint density at radius 1 is 1.11 bits per heavy atom. The van der Waals surface area contributed by atoms with Gasteiger partial charge in [-0.25, -0.2) is 5.84 Å². The number of amidine groups is 1. The highest BCUT2D eigenvalue weighted by atomic mass is 16.5. The predicted octanol–water partition coefficient (Wildman–Crippen LogP) is 4.72. The lowest BCUT2D eigenvalue weighted by Gasteiger charge is -2.33. The molecule has 1 heterocycles. The Morgan fingerprint density at radius 3 is 2.53 bits per heavy atom. The largest absolute Gasteiger partial charge is 0.489 e. The Morgan fingerprint density at radius 2 is 1.86 bits per heavy atom. The van der Waals surface area contributed by atoms with Crippen molar-refractivity contribution >= 4 is 12.1 Å². The third-order valence-electron chi connectivity index (χ3n) is 8.07. The number of rotatable bonds is 8. The van der Waals surface area contributed by atoms with Crippen molar-refractivity contribution < 1.29 is 4.74 Å². The lowest BCUT2D eigenvalue weighted by Crippen LogP contribution is -2.35. The molecule has 0 bridgehead atoms. The number of hydrogen-bond acceptors (Lipinski definition) is 5. The molecule has 2 unspecified atom stereocenters. The molecule has 3 N–H and O–H groups in total. The summed E-state index contributed by atoms with van der Waals surface area (Å²) in [7, 11) is 3.62. The fourth-order valence-electron chi connectivity index (χ4n) is 6.26. The number of aliphatic imine (C=N–C) groups is 2. The maximum atomic E-state index is 6.08. The van der Waals surface area contributed by atoms with E-state index in [0.717, 1.165) is 23.3 Å². The van der Waals surface area contributed by atoms with Gasteiger partial charge in [0.1, 0.15) is 18.2 Å². The van der Waals surface area contributed by atoms with Crippen molar-refractivity contribution in [2.24, 2.45) is 27.2 Å². The van der Waals surface area contributed by atoms with E-state index >= 15 is 0 Å². The molecule has 7 nitrogen and oxygen atoms in total. The molecule has 2 saturated carbocycles. The first-order chi connectivity index (χ1) is 17.7. The molecule has 2 aliphatic carbocycles. The zero-order valence-corrected chi connectivity index (χ0v) is 21.2. The van der Waals surface area contributed by atoms with Gasteiger partial charge in [-0.15, -0.1) is 0 Å². The molecule has 7 heteroatoms. The first kappa shape index (κ1) is 24.3. The van der Waals surface area contributed by atoms with Crippen molar-refractivity contribution in [1.29, 1.82) is 0 Å². The van der Waals surface area contributed by atoms with Crippen LogP contribution < -0.4 is 16.0 Å². The Labute approximate surface area is 213 Å². The van der Waals surface area contributed by atoms with E-state index in [2.05, 4.69) is 68.9 Å². The molecule has 2 aliphatic rings. The maximum absolute atomic E-state index is 6.08. The smallest absolute Gasteiger partial charge is 0.145 e. The van der Waals surface area contributed by atoms with Crippen LogP contribution >= 0.6 is 0 Å². The summed E-state index contributed by atoms with van der Waals surface area (Å²) >= 11 is 0. The standard InChI is InChI=1S/C29H36N6O/c1-31-21-28(24-11-7-4-8-12-24)20-29(28,35-18-23(17-33-35)27(32-2)34-30)25-13-15-26(16-14-25)36-19-22-9-5-3-6-10-22/h3,5-6,9-10,13-18,21,24H,4,7-8,11-12,19-20,30H2,1-2H3,(H,32,34). The maximum Gasteiger partial charge on any atom is 0.145 e. The van der Waals surface area contributed by atoms with Gasteiger partial charge in [0.25, 0.3) is 0 Å². The number of nitrogens with one attached hydrogen (secondary N) is 1. The fraction of sp³-hybridized carbons (Fsp3) is 0.414. The fourth-order valence-corrected chi connectivity index (χ4v) is 6.26. The molecule has 0 radical (unpaired) electrons. The van der Waals surface area contributed by atoms with Crippen molar-refractivity contribution in [3.8, 4) is 5.75 Å². The average Bonchev–Trinajstić information content (AvgIpc) is 3.36. The van der Waals surface area contributed by atoms with E-state index in [1.807, 2.05) is 31.4 Å². The number of nitrogens with two attached hydrogens (primary N) is 1. The molecule has 36 heavy (non-hydrogen) atoms. The predicted molar refractivity (Wildman–Crippen MR) is 144 cm³/mol. The normalized spacial score (nSPS) is 24.7. The summed E-state index contributed by atoms with van der Waals surface area (Å²) in [5.41, 5.74) is 5.57. The summed E-state index contributed by atoms with van der Waals surface area (Å²) in [6.07, 6.45) is 13.4. The average molecular weight is 485 g/mol. The highest BCUT2D eigenvalue weighted by Crippen LogP contribution is 2.70. The second-order valence-electron chi connectivity index (χ2n) is 9.99. The molecule has 2 fully saturated rings. The zero-order valence-electron chi connectivity index (χ0n) is 21.2. The lowest BCUT2D eigenvalue weighted by atomic mass is 9.74. The molecule has 2 atom stereocenters. The van der Waals surface area contributed by atoms with E-state index in [1.165, 1.54) is 37.7 Å². The van der Waals surface area contributed by atoms with Gasteiger partial charge >= 0.3 is 0 Å². The summed E-state index contributed by atoms with van der Waals surface area (Å²) < 4.78 is 8.21. The van der Waals surface area contributed by atoms with E-state index in [0.29, 0.717) is 18.4 Å². The van der Waals surface area contributed by atoms with Crippen LogP contribution in [0.3, 0.4) is 0 Å². The molecule has 0 amide bonds. The highest BCUT2D eigenvalue weighted by molar-refractivity contribution is 5.97. The van der Waals surface area contributed by atoms with Crippen LogP contribution in [0.2, 0.25) is 0 Å². The van der Waals surface area contributed by atoms with Gasteiger partial charge in [0, 0.05) is 31.9 Å². The van der Waals surface area contributed by atoms with Gasteiger partial charge in [0.15, 0.2) is 0 Å². The number of hydrogen-bond donors (Lipinski definition) is 2. The molecule has 1 aromatic heterocycles. The number of aromatic nitrogens is 2. The van der Waals surface area contributed by atoms with E-state index in [9.17, 15) is 0 Å². The molecular weight excluding hydrogens is 448 g/mol. The monoisotopic (exact) mass is 484 g/mol. The molecular formula is C29H36N6O. The number of benzene rings is 2. The van der Waals surface area contributed by atoms with E-state index < -0.39 is 0 Å². The van der Waals surface area contributed by atoms with Crippen molar-refractivity contribution in [1.82, 2.24) is 15.2 Å². The second-order valence-corrected chi connectivity index (χ2v) is 9.99. The third-order valence-corrected chi connectivity index (χ3v) is 8.07. The van der Waals surface area contributed by atoms with E-state index in [-0.39, 0.29) is 11.0 Å². The molecule has 3 aromatic rings. The van der Waals surface area contributed by atoms with Crippen molar-refractivity contribution in [3.05, 3.63) is 83.7 Å². The van der Waals surface area contributed by atoms with Crippen LogP contribution in [-0.2, 0) is 12.1 Å². The number of ether oxygens (including phenoxy) is 1. The van der Waals surface area contributed by atoms with Gasteiger partial charge < -0.3 is 15.2 Å². The van der Waals surface area contributed by atoms with Crippen molar-refractivity contribution in [2.75, 3.05) is 14.1 Å².